The van der Waals surface area contributed by atoms with Gasteiger partial charge in [0, 0.05) is 0 Å². The molecule has 8 heteroatoms. The van der Waals surface area contributed by atoms with Gasteiger partial charge in [0.15, 0.2) is 16.3 Å². The Labute approximate surface area is 131 Å². The van der Waals surface area contributed by atoms with Crippen LogP contribution in [0, 0.1) is 0 Å². The predicted octanol–water partition coefficient (Wildman–Crippen LogP) is 0.997. The molecule has 0 heterocycles. The summed E-state index contributed by atoms with van der Waals surface area (Å²) in [4.78, 5) is 0. The van der Waals surface area contributed by atoms with E-state index in [1.165, 1.54) is 6.42 Å². The molecule has 0 bridgehead atoms. The third-order valence-electron chi connectivity index (χ3n) is 3.01. The van der Waals surface area contributed by atoms with E-state index in [9.17, 15) is 26.1 Å². The fourth-order valence-electron chi connectivity index (χ4n) is 1.78. The molecule has 0 N–H and O–H groups in total. The number of halogens is 3. The van der Waals surface area contributed by atoms with Crippen LogP contribution < -0.4 is 18.9 Å². The van der Waals surface area contributed by atoms with Crippen LogP contribution in [0.1, 0.15) is 64.7 Å². The smallest absolute Gasteiger partial charge is 0.743 e. The second kappa shape index (κ2) is 10.9. The minimum atomic E-state index is -5.92. The first-order valence-corrected chi connectivity index (χ1v) is 8.11. The molecule has 0 spiro atoms. The van der Waals surface area contributed by atoms with Gasteiger partial charge in [-0.2, -0.15) is 8.78 Å². The summed E-state index contributed by atoms with van der Waals surface area (Å²) in [6.45, 7) is 2.10. The standard InChI is InChI=1S/C12H23F3O3S.Li/c1-2-3-4-5-6-7-8-9-10-11(13)12(14,15)19(16,17)18;/h11H,2-10H2,1H3,(H,16,17,18);/q;+1/p-1. The van der Waals surface area contributed by atoms with Gasteiger partial charge in [-0.05, 0) is 6.42 Å². The fourth-order valence-corrected chi connectivity index (χ4v) is 2.21. The normalized spacial score (nSPS) is 13.8. The second-order valence-corrected chi connectivity index (χ2v) is 6.20. The van der Waals surface area contributed by atoms with E-state index in [2.05, 4.69) is 6.92 Å². The van der Waals surface area contributed by atoms with Crippen molar-refractivity contribution in [1.82, 2.24) is 0 Å². The van der Waals surface area contributed by atoms with Gasteiger partial charge >= 0.3 is 24.1 Å². The average Bonchev–Trinajstić information content (AvgIpc) is 2.30. The Morgan fingerprint density at radius 2 is 1.40 bits per heavy atom. The van der Waals surface area contributed by atoms with Crippen LogP contribution in [0.25, 0.3) is 0 Å². The van der Waals surface area contributed by atoms with Crippen molar-refractivity contribution in [3.05, 3.63) is 0 Å². The zero-order valence-electron chi connectivity index (χ0n) is 12.2. The molecule has 1 atom stereocenters. The summed E-state index contributed by atoms with van der Waals surface area (Å²) in [7, 11) is -5.92. The Morgan fingerprint density at radius 1 is 1.00 bits per heavy atom. The first-order valence-electron chi connectivity index (χ1n) is 6.70. The van der Waals surface area contributed by atoms with Gasteiger partial charge in [0.1, 0.15) is 0 Å². The molecule has 20 heavy (non-hydrogen) atoms. The summed E-state index contributed by atoms with van der Waals surface area (Å²) in [5.74, 6) is 0. The van der Waals surface area contributed by atoms with Crippen LogP contribution in [-0.2, 0) is 10.1 Å². The first kappa shape index (κ1) is 22.6. The third kappa shape index (κ3) is 8.55. The van der Waals surface area contributed by atoms with Crippen LogP contribution in [0.2, 0.25) is 0 Å². The number of alkyl halides is 3. The van der Waals surface area contributed by atoms with Crippen molar-refractivity contribution < 1.29 is 45.0 Å². The molecule has 0 aromatic carbocycles. The molecule has 0 aromatic rings. The van der Waals surface area contributed by atoms with E-state index in [4.69, 9.17) is 0 Å². The zero-order chi connectivity index (χ0) is 14.9. The van der Waals surface area contributed by atoms with Crippen LogP contribution in [-0.4, -0.2) is 24.4 Å². The predicted molar refractivity (Wildman–Crippen MR) is 66.8 cm³/mol. The summed E-state index contributed by atoms with van der Waals surface area (Å²) < 4.78 is 69.1. The average molecular weight is 310 g/mol. The van der Waals surface area contributed by atoms with E-state index in [1.54, 1.807) is 0 Å². The Morgan fingerprint density at radius 3 is 1.80 bits per heavy atom. The number of rotatable bonds is 11. The van der Waals surface area contributed by atoms with Crippen LogP contribution in [0.4, 0.5) is 13.2 Å². The largest absolute Gasteiger partial charge is 1.00 e. The Kier molecular flexibility index (Phi) is 12.4. The molecule has 1 unspecified atom stereocenters. The van der Waals surface area contributed by atoms with E-state index in [0.29, 0.717) is 6.42 Å². The van der Waals surface area contributed by atoms with Crippen molar-refractivity contribution in [2.75, 3.05) is 0 Å². The molecule has 0 saturated heterocycles. The molecule has 0 aliphatic heterocycles. The SMILES string of the molecule is CCCCCCCCCCC(F)C(F)(F)S(=O)(=O)[O-].[Li+]. The van der Waals surface area contributed by atoms with Crippen molar-refractivity contribution in [3.8, 4) is 0 Å². The number of hydrogen-bond acceptors (Lipinski definition) is 3. The van der Waals surface area contributed by atoms with Crippen molar-refractivity contribution in [2.24, 2.45) is 0 Å². The molecule has 0 radical (unpaired) electrons. The topological polar surface area (TPSA) is 57.2 Å². The van der Waals surface area contributed by atoms with Gasteiger partial charge in [0.2, 0.25) is 0 Å². The summed E-state index contributed by atoms with van der Waals surface area (Å²) >= 11 is 0. The maximum absolute atomic E-state index is 13.0. The molecule has 0 rings (SSSR count). The number of hydrogen-bond donors (Lipinski definition) is 0. The molecule has 0 aromatic heterocycles. The van der Waals surface area contributed by atoms with Crippen LogP contribution in [0.3, 0.4) is 0 Å². The van der Waals surface area contributed by atoms with Gasteiger partial charge in [-0.3, -0.25) is 0 Å². The monoisotopic (exact) mass is 310 g/mol. The van der Waals surface area contributed by atoms with Crippen molar-refractivity contribution in [1.29, 1.82) is 0 Å². The van der Waals surface area contributed by atoms with Crippen molar-refractivity contribution in [3.63, 3.8) is 0 Å². The van der Waals surface area contributed by atoms with E-state index in [-0.39, 0.29) is 25.3 Å². The molecule has 116 valence electrons. The summed E-state index contributed by atoms with van der Waals surface area (Å²) in [5.41, 5.74) is 0. The molecule has 0 aliphatic rings. The Bertz CT molecular complexity index is 337. The molecular formula is C12H22F3LiO3S. The second-order valence-electron chi connectivity index (χ2n) is 4.75. The Hall–Kier alpha value is 0.297. The maximum Gasteiger partial charge on any atom is 1.00 e. The third-order valence-corrected chi connectivity index (χ3v) is 3.93. The summed E-state index contributed by atoms with van der Waals surface area (Å²) in [5, 5.41) is -4.81. The van der Waals surface area contributed by atoms with Crippen molar-refractivity contribution >= 4 is 10.1 Å². The van der Waals surface area contributed by atoms with Gasteiger partial charge in [-0.15, -0.1) is 0 Å². The van der Waals surface area contributed by atoms with Gasteiger partial charge < -0.3 is 4.55 Å². The summed E-state index contributed by atoms with van der Waals surface area (Å²) in [6.07, 6.45) is 3.52. The summed E-state index contributed by atoms with van der Waals surface area (Å²) in [6, 6.07) is 0. The van der Waals surface area contributed by atoms with E-state index in [0.717, 1.165) is 32.1 Å². The number of unbranched alkanes of at least 4 members (excludes halogenated alkanes) is 7. The molecular weight excluding hydrogens is 288 g/mol. The molecule has 0 fully saturated rings. The van der Waals surface area contributed by atoms with Crippen LogP contribution >= 0.6 is 0 Å². The van der Waals surface area contributed by atoms with Gasteiger partial charge in [0.05, 0.1) is 0 Å². The fraction of sp³-hybridized carbons (Fsp3) is 1.00. The molecule has 3 nitrogen and oxygen atoms in total. The van der Waals surface area contributed by atoms with Gasteiger partial charge in [0.25, 0.3) is 0 Å². The van der Waals surface area contributed by atoms with Gasteiger partial charge in [-0.25, -0.2) is 12.8 Å². The first-order chi connectivity index (χ1) is 8.73. The van der Waals surface area contributed by atoms with E-state index in [1.807, 2.05) is 0 Å². The minimum absolute atomic E-state index is 0. The quantitative estimate of drug-likeness (QED) is 0.325. The molecule has 0 amide bonds. The van der Waals surface area contributed by atoms with Gasteiger partial charge in [-0.1, -0.05) is 58.3 Å². The molecule has 0 saturated carbocycles. The Balaban J connectivity index is 0. The zero-order valence-corrected chi connectivity index (χ0v) is 13.0. The minimum Gasteiger partial charge on any atom is -0.743 e. The van der Waals surface area contributed by atoms with E-state index >= 15 is 0 Å². The molecule has 0 aliphatic carbocycles. The van der Waals surface area contributed by atoms with E-state index < -0.39 is 28.0 Å². The van der Waals surface area contributed by atoms with Crippen LogP contribution in [0.15, 0.2) is 0 Å². The maximum atomic E-state index is 13.0. The van der Waals surface area contributed by atoms with Crippen LogP contribution in [0.5, 0.6) is 0 Å². The van der Waals surface area contributed by atoms with Crippen molar-refractivity contribution in [2.45, 2.75) is 76.1 Å².